The molecule has 1 saturated carbocycles. The summed E-state index contributed by atoms with van der Waals surface area (Å²) in [7, 11) is 0. The van der Waals surface area contributed by atoms with E-state index in [1.165, 1.54) is 0 Å². The summed E-state index contributed by atoms with van der Waals surface area (Å²) in [6.07, 6.45) is 2.00. The van der Waals surface area contributed by atoms with E-state index >= 15 is 0 Å². The highest BCUT2D eigenvalue weighted by molar-refractivity contribution is 5.86. The quantitative estimate of drug-likeness (QED) is 0.682. The molecule has 1 aliphatic carbocycles. The summed E-state index contributed by atoms with van der Waals surface area (Å²) < 4.78 is 0. The number of carbonyl (C=O) groups is 1. The molecule has 0 aromatic heterocycles. The lowest BCUT2D eigenvalue weighted by molar-refractivity contribution is -0.158. The van der Waals surface area contributed by atoms with Gasteiger partial charge in [-0.05, 0) is 31.6 Å². The fourth-order valence-electron chi connectivity index (χ4n) is 2.00. The second kappa shape index (κ2) is 2.71. The summed E-state index contributed by atoms with van der Waals surface area (Å²) in [5.74, 6) is 0.767. The minimum Gasteiger partial charge on any atom is -0.380 e. The van der Waals surface area contributed by atoms with E-state index in [4.69, 9.17) is 0 Å². The molecule has 1 N–H and O–H groups in total. The Labute approximate surface area is 78.7 Å². The molecule has 1 amide bonds. The van der Waals surface area contributed by atoms with Crippen LogP contribution in [0.2, 0.25) is 0 Å². The number of rotatable bonds is 2. The summed E-state index contributed by atoms with van der Waals surface area (Å²) in [5, 5.41) is 9.95. The lowest BCUT2D eigenvalue weighted by atomic mass is 9.94. The van der Waals surface area contributed by atoms with E-state index in [1.807, 2.05) is 0 Å². The molecule has 0 radical (unpaired) electrons. The summed E-state index contributed by atoms with van der Waals surface area (Å²) in [5.41, 5.74) is -1.08. The largest absolute Gasteiger partial charge is 0.380 e. The molecule has 0 aromatic carbocycles. The van der Waals surface area contributed by atoms with Crippen LogP contribution in [0.25, 0.3) is 0 Å². The number of hydrogen-bond acceptors (Lipinski definition) is 2. The highest BCUT2D eigenvalue weighted by Crippen LogP contribution is 2.41. The maximum Gasteiger partial charge on any atom is 0.254 e. The summed E-state index contributed by atoms with van der Waals surface area (Å²) >= 11 is 0. The van der Waals surface area contributed by atoms with Gasteiger partial charge in [0.1, 0.15) is 5.60 Å². The Morgan fingerprint density at radius 2 is 2.00 bits per heavy atom. The monoisotopic (exact) mass is 183 g/mol. The van der Waals surface area contributed by atoms with Crippen molar-refractivity contribution >= 4 is 5.91 Å². The fraction of sp³-hybridized carbons (Fsp3) is 0.900. The second-order valence-electron chi connectivity index (χ2n) is 4.74. The molecule has 13 heavy (non-hydrogen) atoms. The summed E-state index contributed by atoms with van der Waals surface area (Å²) in [6, 6.07) is 0. The Morgan fingerprint density at radius 3 is 2.38 bits per heavy atom. The molecule has 1 atom stereocenters. The van der Waals surface area contributed by atoms with E-state index < -0.39 is 5.60 Å². The van der Waals surface area contributed by atoms with Crippen molar-refractivity contribution in [3.8, 4) is 0 Å². The summed E-state index contributed by atoms with van der Waals surface area (Å²) in [6.45, 7) is 5.43. The van der Waals surface area contributed by atoms with Crippen molar-refractivity contribution in [3.63, 3.8) is 0 Å². The van der Waals surface area contributed by atoms with Crippen molar-refractivity contribution in [1.29, 1.82) is 0 Å². The number of carbonyl (C=O) groups excluding carboxylic acids is 1. The minimum absolute atomic E-state index is 0.0619. The Bertz CT molecular complexity index is 227. The molecule has 1 unspecified atom stereocenters. The van der Waals surface area contributed by atoms with Crippen LogP contribution in [-0.2, 0) is 4.79 Å². The van der Waals surface area contributed by atoms with Gasteiger partial charge in [-0.3, -0.25) is 4.79 Å². The first-order valence-corrected chi connectivity index (χ1v) is 5.03. The molecular weight excluding hydrogens is 166 g/mol. The van der Waals surface area contributed by atoms with Gasteiger partial charge in [-0.2, -0.15) is 0 Å². The van der Waals surface area contributed by atoms with Gasteiger partial charge in [0, 0.05) is 13.1 Å². The molecule has 2 fully saturated rings. The van der Waals surface area contributed by atoms with Crippen LogP contribution in [0.1, 0.15) is 26.7 Å². The van der Waals surface area contributed by atoms with E-state index in [-0.39, 0.29) is 11.8 Å². The van der Waals surface area contributed by atoms with Gasteiger partial charge >= 0.3 is 0 Å². The van der Waals surface area contributed by atoms with Crippen molar-refractivity contribution in [2.75, 3.05) is 13.1 Å². The standard InChI is InChI=1S/C10H17NO2/c1-7-5-11(6-7)9(12)10(2,13)8-3-4-8/h7-8,13H,3-6H2,1-2H3. The third-order valence-corrected chi connectivity index (χ3v) is 3.16. The molecule has 1 saturated heterocycles. The van der Waals surface area contributed by atoms with E-state index in [0.29, 0.717) is 5.92 Å². The van der Waals surface area contributed by atoms with Crippen LogP contribution in [0.15, 0.2) is 0 Å². The van der Waals surface area contributed by atoms with Crippen LogP contribution < -0.4 is 0 Å². The first kappa shape index (κ1) is 9.00. The van der Waals surface area contributed by atoms with E-state index in [0.717, 1.165) is 25.9 Å². The molecule has 0 bridgehead atoms. The predicted octanol–water partition coefficient (Wildman–Crippen LogP) is 0.626. The zero-order valence-corrected chi connectivity index (χ0v) is 8.29. The van der Waals surface area contributed by atoms with E-state index in [9.17, 15) is 9.90 Å². The highest BCUT2D eigenvalue weighted by Gasteiger charge is 2.48. The summed E-state index contributed by atoms with van der Waals surface area (Å²) in [4.78, 5) is 13.5. The fourth-order valence-corrected chi connectivity index (χ4v) is 2.00. The maximum absolute atomic E-state index is 11.8. The van der Waals surface area contributed by atoms with Crippen LogP contribution >= 0.6 is 0 Å². The third-order valence-electron chi connectivity index (χ3n) is 3.16. The Kier molecular flexibility index (Phi) is 1.88. The number of likely N-dealkylation sites (tertiary alicyclic amines) is 1. The number of hydrogen-bond donors (Lipinski definition) is 1. The first-order valence-electron chi connectivity index (χ1n) is 5.03. The van der Waals surface area contributed by atoms with Crippen LogP contribution in [0, 0.1) is 11.8 Å². The van der Waals surface area contributed by atoms with Crippen LogP contribution in [0.5, 0.6) is 0 Å². The van der Waals surface area contributed by atoms with E-state index in [1.54, 1.807) is 11.8 Å². The molecule has 74 valence electrons. The van der Waals surface area contributed by atoms with Gasteiger partial charge in [-0.15, -0.1) is 0 Å². The van der Waals surface area contributed by atoms with Crippen molar-refractivity contribution in [2.45, 2.75) is 32.3 Å². The van der Waals surface area contributed by atoms with Crippen molar-refractivity contribution in [2.24, 2.45) is 11.8 Å². The lowest BCUT2D eigenvalue weighted by Gasteiger charge is -2.41. The van der Waals surface area contributed by atoms with Gasteiger partial charge in [0.2, 0.25) is 0 Å². The smallest absolute Gasteiger partial charge is 0.254 e. The topological polar surface area (TPSA) is 40.5 Å². The van der Waals surface area contributed by atoms with Crippen LogP contribution in [-0.4, -0.2) is 34.6 Å². The third kappa shape index (κ3) is 1.46. The Hall–Kier alpha value is -0.570. The van der Waals surface area contributed by atoms with Gasteiger partial charge in [0.05, 0.1) is 0 Å². The normalized spacial score (nSPS) is 28.1. The number of nitrogens with zero attached hydrogens (tertiary/aromatic N) is 1. The molecular formula is C10H17NO2. The minimum atomic E-state index is -1.08. The van der Waals surface area contributed by atoms with Crippen molar-refractivity contribution in [3.05, 3.63) is 0 Å². The van der Waals surface area contributed by atoms with E-state index in [2.05, 4.69) is 6.92 Å². The highest BCUT2D eigenvalue weighted by atomic mass is 16.3. The molecule has 1 heterocycles. The molecule has 0 aromatic rings. The van der Waals surface area contributed by atoms with Gasteiger partial charge in [-0.25, -0.2) is 0 Å². The van der Waals surface area contributed by atoms with Crippen molar-refractivity contribution < 1.29 is 9.90 Å². The molecule has 2 aliphatic rings. The predicted molar refractivity (Wildman–Crippen MR) is 49.1 cm³/mol. The van der Waals surface area contributed by atoms with Gasteiger partial charge < -0.3 is 10.0 Å². The van der Waals surface area contributed by atoms with Crippen LogP contribution in [0.3, 0.4) is 0 Å². The van der Waals surface area contributed by atoms with Gasteiger partial charge in [0.15, 0.2) is 0 Å². The zero-order valence-electron chi connectivity index (χ0n) is 8.29. The molecule has 1 aliphatic heterocycles. The van der Waals surface area contributed by atoms with Crippen LogP contribution in [0.4, 0.5) is 0 Å². The SMILES string of the molecule is CC1CN(C(=O)C(C)(O)C2CC2)C1. The number of aliphatic hydroxyl groups is 1. The van der Waals surface area contributed by atoms with Gasteiger partial charge in [0.25, 0.3) is 5.91 Å². The first-order chi connectivity index (χ1) is 6.01. The molecule has 3 heteroatoms. The average molecular weight is 183 g/mol. The maximum atomic E-state index is 11.8. The Balaban J connectivity index is 1.95. The lowest BCUT2D eigenvalue weighted by Crippen LogP contribution is -2.57. The Morgan fingerprint density at radius 1 is 1.46 bits per heavy atom. The second-order valence-corrected chi connectivity index (χ2v) is 4.74. The molecule has 0 spiro atoms. The van der Waals surface area contributed by atoms with Gasteiger partial charge in [-0.1, -0.05) is 6.92 Å². The average Bonchev–Trinajstić information content (AvgIpc) is 2.79. The molecule has 3 nitrogen and oxygen atoms in total. The van der Waals surface area contributed by atoms with Crippen molar-refractivity contribution in [1.82, 2.24) is 4.90 Å². The molecule has 2 rings (SSSR count). The zero-order chi connectivity index (χ0) is 9.64. The number of amides is 1.